The van der Waals surface area contributed by atoms with E-state index in [1.165, 1.54) is 7.11 Å². The average molecular weight is 749 g/mol. The van der Waals surface area contributed by atoms with E-state index < -0.39 is 24.3 Å². The number of ether oxygens (including phenoxy) is 1. The highest BCUT2D eigenvalue weighted by Gasteiger charge is 2.37. The van der Waals surface area contributed by atoms with Crippen LogP contribution in [0.1, 0.15) is 62.0 Å². The van der Waals surface area contributed by atoms with E-state index in [0.717, 1.165) is 52.9 Å². The van der Waals surface area contributed by atoms with Crippen molar-refractivity contribution >= 4 is 24.0 Å². The summed E-state index contributed by atoms with van der Waals surface area (Å²) in [6, 6.07) is 14.1. The number of carboxylic acid groups (broad SMARTS) is 1. The molecule has 5 aromatic rings. The normalized spacial score (nSPS) is 17.9. The SMILES string of the molecule is COC(=O)N[C@@H](C)C(=O)N1CCC[C@H]1c1ncc(-c2ccc(-c3ccc(-c4cnc([C@@H]5CCCN5C(=O)[C@H](Cc5cn(C)cn5)NC(=O)O)[nH]4)cc3)cc2)[nH]1. The minimum atomic E-state index is -1.26. The second-order valence-corrected chi connectivity index (χ2v) is 14.0. The molecule has 0 spiro atoms. The van der Waals surface area contributed by atoms with Crippen LogP contribution in [0, 0.1) is 0 Å². The molecule has 7 rings (SSSR count). The molecular formula is C39H44N10O6. The Bertz CT molecular complexity index is 2160. The molecule has 0 radical (unpaired) electrons. The summed E-state index contributed by atoms with van der Waals surface area (Å²) in [5.74, 6) is 0.886. The first-order chi connectivity index (χ1) is 26.6. The van der Waals surface area contributed by atoms with Gasteiger partial charge in [0, 0.05) is 32.8 Å². The predicted octanol–water partition coefficient (Wildman–Crippen LogP) is 4.82. The van der Waals surface area contributed by atoms with E-state index in [0.29, 0.717) is 36.9 Å². The number of rotatable bonds is 11. The number of nitrogens with zero attached hydrogens (tertiary/aromatic N) is 6. The van der Waals surface area contributed by atoms with E-state index in [1.807, 2.05) is 43.4 Å². The Hall–Kier alpha value is -6.45. The van der Waals surface area contributed by atoms with Gasteiger partial charge in [-0.25, -0.2) is 24.5 Å². The van der Waals surface area contributed by atoms with Crippen molar-refractivity contribution in [3.05, 3.63) is 90.8 Å². The lowest BCUT2D eigenvalue weighted by Crippen LogP contribution is -2.49. The van der Waals surface area contributed by atoms with Gasteiger partial charge < -0.3 is 44.8 Å². The van der Waals surface area contributed by atoms with E-state index in [-0.39, 0.29) is 30.3 Å². The van der Waals surface area contributed by atoms with Gasteiger partial charge in [-0.15, -0.1) is 0 Å². The summed E-state index contributed by atoms with van der Waals surface area (Å²) < 4.78 is 6.40. The Morgan fingerprint density at radius 3 is 1.78 bits per heavy atom. The van der Waals surface area contributed by atoms with Gasteiger partial charge in [0.25, 0.3) is 0 Å². The maximum atomic E-state index is 13.7. The first-order valence-corrected chi connectivity index (χ1v) is 18.3. The molecule has 0 unspecified atom stereocenters. The smallest absolute Gasteiger partial charge is 0.407 e. The molecule has 286 valence electrons. The van der Waals surface area contributed by atoms with Gasteiger partial charge in [-0.05, 0) is 54.9 Å². The molecule has 2 saturated heterocycles. The van der Waals surface area contributed by atoms with Crippen LogP contribution in [0.25, 0.3) is 33.6 Å². The molecule has 2 fully saturated rings. The number of benzene rings is 2. The van der Waals surface area contributed by atoms with Crippen molar-refractivity contribution in [2.24, 2.45) is 7.05 Å². The molecule has 5 heterocycles. The number of hydrogen-bond donors (Lipinski definition) is 5. The first kappa shape index (κ1) is 36.9. The zero-order valence-electron chi connectivity index (χ0n) is 30.9. The number of alkyl carbamates (subject to hydrolysis) is 1. The zero-order chi connectivity index (χ0) is 38.6. The first-order valence-electron chi connectivity index (χ1n) is 18.3. The number of likely N-dealkylation sites (tertiary alicyclic amines) is 2. The third kappa shape index (κ3) is 8.07. The molecule has 16 nitrogen and oxygen atoms in total. The second kappa shape index (κ2) is 15.9. The van der Waals surface area contributed by atoms with Crippen molar-refractivity contribution in [1.29, 1.82) is 0 Å². The number of amides is 4. The fourth-order valence-corrected chi connectivity index (χ4v) is 7.50. The zero-order valence-corrected chi connectivity index (χ0v) is 30.9. The minimum Gasteiger partial charge on any atom is -0.465 e. The van der Waals surface area contributed by atoms with E-state index in [9.17, 15) is 24.3 Å². The maximum Gasteiger partial charge on any atom is 0.407 e. The predicted molar refractivity (Wildman–Crippen MR) is 201 cm³/mol. The van der Waals surface area contributed by atoms with Gasteiger partial charge in [0.2, 0.25) is 11.8 Å². The van der Waals surface area contributed by atoms with Crippen molar-refractivity contribution < 1.29 is 29.0 Å². The second-order valence-electron chi connectivity index (χ2n) is 14.0. The molecule has 0 aliphatic carbocycles. The van der Waals surface area contributed by atoms with Crippen LogP contribution in [-0.4, -0.2) is 101 Å². The largest absolute Gasteiger partial charge is 0.465 e. The summed E-state index contributed by atoms with van der Waals surface area (Å²) in [5, 5.41) is 14.4. The average Bonchev–Trinajstić information content (AvgIpc) is 4.04. The van der Waals surface area contributed by atoms with Crippen LogP contribution >= 0.6 is 0 Å². The Kier molecular flexibility index (Phi) is 10.7. The molecule has 16 heteroatoms. The summed E-state index contributed by atoms with van der Waals surface area (Å²) in [4.78, 5) is 73.8. The van der Waals surface area contributed by atoms with Crippen LogP contribution in [0.3, 0.4) is 0 Å². The number of hydrogen-bond acceptors (Lipinski definition) is 8. The summed E-state index contributed by atoms with van der Waals surface area (Å²) in [5.41, 5.74) is 6.26. The Balaban J connectivity index is 0.994. The van der Waals surface area contributed by atoms with Crippen LogP contribution in [0.5, 0.6) is 0 Å². The Morgan fingerprint density at radius 2 is 1.31 bits per heavy atom. The highest BCUT2D eigenvalue weighted by Crippen LogP contribution is 2.34. The van der Waals surface area contributed by atoms with Crippen LogP contribution in [-0.2, 0) is 27.8 Å². The molecular weight excluding hydrogens is 704 g/mol. The number of aromatic nitrogens is 6. The minimum absolute atomic E-state index is 0.153. The van der Waals surface area contributed by atoms with Gasteiger partial charge in [-0.2, -0.15) is 0 Å². The Morgan fingerprint density at radius 1 is 0.800 bits per heavy atom. The molecule has 2 aliphatic heterocycles. The number of methoxy groups -OCH3 is 1. The van der Waals surface area contributed by atoms with Crippen LogP contribution in [0.2, 0.25) is 0 Å². The molecule has 3 aromatic heterocycles. The van der Waals surface area contributed by atoms with E-state index in [2.05, 4.69) is 52.4 Å². The molecule has 0 bridgehead atoms. The highest BCUT2D eigenvalue weighted by atomic mass is 16.5. The third-order valence-corrected chi connectivity index (χ3v) is 10.3. The van der Waals surface area contributed by atoms with Gasteiger partial charge >= 0.3 is 12.2 Å². The highest BCUT2D eigenvalue weighted by molar-refractivity contribution is 5.86. The lowest BCUT2D eigenvalue weighted by molar-refractivity contribution is -0.134. The van der Waals surface area contributed by atoms with Gasteiger partial charge in [0.15, 0.2) is 0 Å². The molecule has 4 amide bonds. The van der Waals surface area contributed by atoms with Crippen LogP contribution < -0.4 is 10.6 Å². The topological polar surface area (TPSA) is 203 Å². The summed E-state index contributed by atoms with van der Waals surface area (Å²) in [7, 11) is 3.09. The lowest BCUT2D eigenvalue weighted by atomic mass is 10.0. The monoisotopic (exact) mass is 748 g/mol. The number of aromatic amines is 2. The van der Waals surface area contributed by atoms with Gasteiger partial charge in [-0.3, -0.25) is 9.59 Å². The van der Waals surface area contributed by atoms with Crippen molar-refractivity contribution in [2.75, 3.05) is 20.2 Å². The van der Waals surface area contributed by atoms with E-state index in [1.54, 1.807) is 46.2 Å². The van der Waals surface area contributed by atoms with E-state index in [4.69, 9.17) is 0 Å². The van der Waals surface area contributed by atoms with Crippen molar-refractivity contribution in [3.8, 4) is 33.6 Å². The standard InChI is InChI=1S/C39H44N10O6/c1-23(43-39(54)55-3)36(50)48-16-4-6-32(48)34-40-19-30(44-34)26-12-8-24(9-13-26)25-10-14-27(15-11-25)31-20-41-35(45-31)33-7-5-17-49(33)37(51)29(46-38(52)53)18-28-21-47(2)22-42-28/h8-15,19-23,29,32-33,46H,4-7,16-18H2,1-3H3,(H,40,44)(H,41,45)(H,43,54)(H,52,53)/t23-,29-,32-,33-/m0/s1. The van der Waals surface area contributed by atoms with E-state index >= 15 is 0 Å². The van der Waals surface area contributed by atoms with Gasteiger partial charge in [0.05, 0.1) is 55.0 Å². The number of carbonyl (C=O) groups excluding carboxylic acids is 3. The number of nitrogens with one attached hydrogen (secondary N) is 4. The summed E-state index contributed by atoms with van der Waals surface area (Å²) >= 11 is 0. The van der Waals surface area contributed by atoms with Crippen molar-refractivity contribution in [3.63, 3.8) is 0 Å². The molecule has 0 saturated carbocycles. The molecule has 4 atom stereocenters. The third-order valence-electron chi connectivity index (χ3n) is 10.3. The van der Waals surface area contributed by atoms with Crippen molar-refractivity contribution in [2.45, 2.75) is 63.2 Å². The molecule has 2 aromatic carbocycles. The summed E-state index contributed by atoms with van der Waals surface area (Å²) in [6.45, 7) is 2.74. The van der Waals surface area contributed by atoms with Gasteiger partial charge in [0.1, 0.15) is 23.7 Å². The summed E-state index contributed by atoms with van der Waals surface area (Å²) in [6.07, 6.45) is 8.29. The maximum absolute atomic E-state index is 13.7. The molecule has 5 N–H and O–H groups in total. The number of H-pyrrole nitrogens is 2. The Labute approximate surface area is 317 Å². The molecule has 2 aliphatic rings. The number of imidazole rings is 3. The fraction of sp³-hybridized carbons (Fsp3) is 0.359. The van der Waals surface area contributed by atoms with Crippen LogP contribution in [0.4, 0.5) is 9.59 Å². The quantitative estimate of drug-likeness (QED) is 0.126. The van der Waals surface area contributed by atoms with Gasteiger partial charge in [-0.1, -0.05) is 48.5 Å². The van der Waals surface area contributed by atoms with Crippen molar-refractivity contribution in [1.82, 2.24) is 49.9 Å². The van der Waals surface area contributed by atoms with Crippen LogP contribution in [0.15, 0.2) is 73.4 Å². The number of carbonyl (C=O) groups is 4. The number of aryl methyl sites for hydroxylation is 1. The molecule has 55 heavy (non-hydrogen) atoms. The fourth-order valence-electron chi connectivity index (χ4n) is 7.50. The lowest BCUT2D eigenvalue weighted by Gasteiger charge is -2.27.